The van der Waals surface area contributed by atoms with E-state index < -0.39 is 10.0 Å². The van der Waals surface area contributed by atoms with Crippen LogP contribution in [0.4, 0.5) is 0 Å². The Balaban J connectivity index is 1.53. The lowest BCUT2D eigenvalue weighted by Crippen LogP contribution is -2.51. The van der Waals surface area contributed by atoms with Crippen molar-refractivity contribution in [2.45, 2.75) is 29.8 Å². The van der Waals surface area contributed by atoms with Gasteiger partial charge < -0.3 is 5.32 Å². The summed E-state index contributed by atoms with van der Waals surface area (Å²) < 4.78 is 27.6. The Labute approximate surface area is 158 Å². The topological polar surface area (TPSA) is 90.3 Å². The molecule has 2 aliphatic rings. The van der Waals surface area contributed by atoms with Gasteiger partial charge in [0.05, 0.1) is 16.5 Å². The minimum absolute atomic E-state index is 0.177. The summed E-state index contributed by atoms with van der Waals surface area (Å²) in [4.78, 5) is 12.6. The molecular weight excluding hydrogens is 362 g/mol. The molecule has 1 amide bonds. The standard InChI is InChI=1S/C20H19N3O3S/c21-12-14-6-8-17(9-7-14)27(25,26)23-13-15-10-18(19(23)11-15)22-20(24)16-4-2-1-3-5-16/h1-9,15,18-19H,10-11,13H2,(H,22,24)/t15-,18+,19-/m1/s1. The zero-order valence-electron chi connectivity index (χ0n) is 14.6. The Morgan fingerprint density at radius 1 is 1.07 bits per heavy atom. The number of rotatable bonds is 4. The van der Waals surface area contributed by atoms with E-state index in [1.165, 1.54) is 28.6 Å². The van der Waals surface area contributed by atoms with Gasteiger partial charge in [0.1, 0.15) is 0 Å². The van der Waals surface area contributed by atoms with Crippen LogP contribution < -0.4 is 5.32 Å². The van der Waals surface area contributed by atoms with Crippen LogP contribution in [0.5, 0.6) is 0 Å². The summed E-state index contributed by atoms with van der Waals surface area (Å²) in [5.74, 6) is 0.0769. The minimum Gasteiger partial charge on any atom is -0.348 e. The van der Waals surface area contributed by atoms with Gasteiger partial charge >= 0.3 is 0 Å². The summed E-state index contributed by atoms with van der Waals surface area (Å²) in [7, 11) is -3.66. The molecule has 1 aliphatic carbocycles. The maximum absolute atomic E-state index is 13.1. The summed E-state index contributed by atoms with van der Waals surface area (Å²) in [5, 5.41) is 11.9. The van der Waals surface area contributed by atoms with E-state index in [-0.39, 0.29) is 28.8 Å². The molecule has 1 aliphatic heterocycles. The number of amides is 1. The molecule has 0 unspecified atom stereocenters. The number of nitriles is 1. The maximum Gasteiger partial charge on any atom is 0.251 e. The van der Waals surface area contributed by atoms with Gasteiger partial charge in [-0.15, -0.1) is 0 Å². The summed E-state index contributed by atoms with van der Waals surface area (Å²) in [6.45, 7) is 0.477. The van der Waals surface area contributed by atoms with Crippen LogP contribution in [0, 0.1) is 17.2 Å². The molecule has 2 aromatic carbocycles. The summed E-state index contributed by atoms with van der Waals surface area (Å²) in [6.07, 6.45) is 1.55. The number of nitrogens with zero attached hydrogens (tertiary/aromatic N) is 2. The first-order valence-electron chi connectivity index (χ1n) is 8.87. The van der Waals surface area contributed by atoms with Crippen LogP contribution in [-0.4, -0.2) is 37.3 Å². The predicted molar refractivity (Wildman–Crippen MR) is 99.3 cm³/mol. The van der Waals surface area contributed by atoms with Crippen LogP contribution in [0.25, 0.3) is 0 Å². The molecule has 6 nitrogen and oxygen atoms in total. The second-order valence-electron chi connectivity index (χ2n) is 7.06. The van der Waals surface area contributed by atoms with Gasteiger partial charge in [-0.1, -0.05) is 18.2 Å². The molecule has 0 spiro atoms. The molecule has 3 atom stereocenters. The van der Waals surface area contributed by atoms with Crippen molar-refractivity contribution in [3.8, 4) is 6.07 Å². The number of piperidine rings is 1. The lowest BCUT2D eigenvalue weighted by Gasteiger charge is -2.32. The first-order valence-corrected chi connectivity index (χ1v) is 10.3. The highest BCUT2D eigenvalue weighted by atomic mass is 32.2. The predicted octanol–water partition coefficient (Wildman–Crippen LogP) is 2.14. The number of carbonyl (C=O) groups is 1. The molecule has 2 fully saturated rings. The molecule has 1 N–H and O–H groups in total. The molecule has 0 aromatic heterocycles. The van der Waals surface area contributed by atoms with Gasteiger partial charge in [0.25, 0.3) is 5.91 Å². The van der Waals surface area contributed by atoms with Crippen molar-refractivity contribution in [3.05, 3.63) is 65.7 Å². The Kier molecular flexibility index (Phi) is 4.46. The van der Waals surface area contributed by atoms with E-state index in [1.54, 1.807) is 24.3 Å². The number of sulfonamides is 1. The summed E-state index contributed by atoms with van der Waals surface area (Å²) in [5.41, 5.74) is 0.992. The third-order valence-electron chi connectivity index (χ3n) is 5.38. The first kappa shape index (κ1) is 17.7. The third kappa shape index (κ3) is 3.22. The fourth-order valence-electron chi connectivity index (χ4n) is 4.08. The Bertz CT molecular complexity index is 997. The number of nitrogens with one attached hydrogen (secondary N) is 1. The van der Waals surface area contributed by atoms with E-state index in [4.69, 9.17) is 5.26 Å². The Morgan fingerprint density at radius 3 is 2.41 bits per heavy atom. The SMILES string of the molecule is N#Cc1ccc(S(=O)(=O)N2C[C@@H]3C[C@H](NC(=O)c4ccccc4)[C@H]2C3)cc1. The van der Waals surface area contributed by atoms with Crippen LogP contribution in [0.3, 0.4) is 0 Å². The Morgan fingerprint density at radius 2 is 1.78 bits per heavy atom. The van der Waals surface area contributed by atoms with E-state index in [0.717, 1.165) is 12.8 Å². The molecule has 1 saturated heterocycles. The second kappa shape index (κ2) is 6.80. The van der Waals surface area contributed by atoms with Crippen molar-refractivity contribution in [1.82, 2.24) is 9.62 Å². The van der Waals surface area contributed by atoms with E-state index in [1.807, 2.05) is 12.1 Å². The van der Waals surface area contributed by atoms with Crippen molar-refractivity contribution in [1.29, 1.82) is 5.26 Å². The second-order valence-corrected chi connectivity index (χ2v) is 8.95. The number of benzene rings is 2. The maximum atomic E-state index is 13.1. The average Bonchev–Trinajstić information content (AvgIpc) is 3.29. The zero-order valence-corrected chi connectivity index (χ0v) is 15.4. The summed E-state index contributed by atoms with van der Waals surface area (Å²) >= 11 is 0. The van der Waals surface area contributed by atoms with E-state index >= 15 is 0 Å². The molecule has 2 aromatic rings. The van der Waals surface area contributed by atoms with Crippen LogP contribution >= 0.6 is 0 Å². The molecule has 138 valence electrons. The lowest BCUT2D eigenvalue weighted by molar-refractivity contribution is 0.0917. The molecule has 0 radical (unpaired) electrons. The normalized spacial score (nSPS) is 24.5. The third-order valence-corrected chi connectivity index (χ3v) is 7.28. The monoisotopic (exact) mass is 381 g/mol. The van der Waals surface area contributed by atoms with Gasteiger partial charge in [-0.2, -0.15) is 9.57 Å². The van der Waals surface area contributed by atoms with Gasteiger partial charge in [0.2, 0.25) is 10.0 Å². The van der Waals surface area contributed by atoms with Crippen molar-refractivity contribution in [2.24, 2.45) is 5.92 Å². The van der Waals surface area contributed by atoms with Crippen molar-refractivity contribution < 1.29 is 13.2 Å². The number of hydrogen-bond donors (Lipinski definition) is 1. The molecular formula is C20H19N3O3S. The number of carbonyl (C=O) groups excluding carboxylic acids is 1. The molecule has 7 heteroatoms. The largest absolute Gasteiger partial charge is 0.348 e. The van der Waals surface area contributed by atoms with Crippen LogP contribution in [0.1, 0.15) is 28.8 Å². The molecule has 27 heavy (non-hydrogen) atoms. The number of fused-ring (bicyclic) bond motifs is 2. The highest BCUT2D eigenvalue weighted by Gasteiger charge is 2.50. The van der Waals surface area contributed by atoms with Gasteiger partial charge in [-0.3, -0.25) is 4.79 Å². The Hall–Kier alpha value is -2.69. The van der Waals surface area contributed by atoms with Crippen molar-refractivity contribution >= 4 is 15.9 Å². The number of hydrogen-bond acceptors (Lipinski definition) is 4. The quantitative estimate of drug-likeness (QED) is 0.879. The molecule has 1 heterocycles. The van der Waals surface area contributed by atoms with Crippen molar-refractivity contribution in [2.75, 3.05) is 6.54 Å². The molecule has 4 rings (SSSR count). The van der Waals surface area contributed by atoms with E-state index in [9.17, 15) is 13.2 Å². The highest BCUT2D eigenvalue weighted by molar-refractivity contribution is 7.89. The fraction of sp³-hybridized carbons (Fsp3) is 0.300. The zero-order chi connectivity index (χ0) is 19.0. The van der Waals surface area contributed by atoms with Gasteiger partial charge in [0.15, 0.2) is 0 Å². The van der Waals surface area contributed by atoms with Gasteiger partial charge in [0, 0.05) is 24.2 Å². The van der Waals surface area contributed by atoms with E-state index in [0.29, 0.717) is 17.7 Å². The van der Waals surface area contributed by atoms with Gasteiger partial charge in [-0.05, 0) is 55.2 Å². The van der Waals surface area contributed by atoms with Crippen LogP contribution in [-0.2, 0) is 10.0 Å². The first-order chi connectivity index (χ1) is 13.0. The summed E-state index contributed by atoms with van der Waals surface area (Å²) in [6, 6.07) is 16.5. The minimum atomic E-state index is -3.66. The fourth-order valence-corrected chi connectivity index (χ4v) is 5.83. The molecule has 1 saturated carbocycles. The van der Waals surface area contributed by atoms with E-state index in [2.05, 4.69) is 5.32 Å². The molecule has 2 bridgehead atoms. The van der Waals surface area contributed by atoms with Crippen LogP contribution in [0.2, 0.25) is 0 Å². The average molecular weight is 381 g/mol. The van der Waals surface area contributed by atoms with Crippen molar-refractivity contribution in [3.63, 3.8) is 0 Å². The highest BCUT2D eigenvalue weighted by Crippen LogP contribution is 2.41. The smallest absolute Gasteiger partial charge is 0.251 e. The lowest BCUT2D eigenvalue weighted by atomic mass is 10.1. The van der Waals surface area contributed by atoms with Gasteiger partial charge in [-0.25, -0.2) is 8.42 Å². The van der Waals surface area contributed by atoms with Crippen LogP contribution in [0.15, 0.2) is 59.5 Å².